The van der Waals surface area contributed by atoms with Gasteiger partial charge in [-0.3, -0.25) is 0 Å². The standard InChI is InChI=1S/C14H10O4.Ca.H2O.2H/c15-13(11-7-3-1-4-8-11)17-18-14(16)12-9-5-2-6-10-12;;;;/h1-10H;;1H2;;. The van der Waals surface area contributed by atoms with Crippen molar-refractivity contribution in [1.29, 1.82) is 0 Å². The van der Waals surface area contributed by atoms with Gasteiger partial charge >= 0.3 is 49.7 Å². The Hall–Kier alpha value is -1.40. The summed E-state index contributed by atoms with van der Waals surface area (Å²) in [5, 5.41) is 0. The van der Waals surface area contributed by atoms with Crippen LogP contribution in [0, 0.1) is 0 Å². The molecule has 0 saturated heterocycles. The van der Waals surface area contributed by atoms with Crippen LogP contribution in [0.15, 0.2) is 60.7 Å². The fourth-order valence-corrected chi connectivity index (χ4v) is 1.32. The van der Waals surface area contributed by atoms with Crippen molar-refractivity contribution in [2.45, 2.75) is 0 Å². The Kier molecular flexibility index (Phi) is 8.83. The molecule has 0 aromatic heterocycles. The Morgan fingerprint density at radius 2 is 0.950 bits per heavy atom. The number of benzene rings is 2. The second-order valence-corrected chi connectivity index (χ2v) is 3.47. The van der Waals surface area contributed by atoms with Gasteiger partial charge in [-0.05, 0) is 24.3 Å². The van der Waals surface area contributed by atoms with Crippen LogP contribution in [0.5, 0.6) is 0 Å². The molecule has 2 aromatic rings. The van der Waals surface area contributed by atoms with Crippen LogP contribution in [0.1, 0.15) is 20.7 Å². The van der Waals surface area contributed by atoms with Crippen LogP contribution in [-0.4, -0.2) is 55.2 Å². The monoisotopic (exact) mass is 302 g/mol. The normalized spacial score (nSPS) is 8.60. The minimum atomic E-state index is -0.708. The van der Waals surface area contributed by atoms with Crippen molar-refractivity contribution < 1.29 is 24.8 Å². The summed E-state index contributed by atoms with van der Waals surface area (Å²) in [6.07, 6.45) is 0. The Balaban J connectivity index is 0.00000180. The molecule has 0 heterocycles. The summed E-state index contributed by atoms with van der Waals surface area (Å²) in [5.74, 6) is -1.42. The molecule has 0 fully saturated rings. The number of rotatable bonds is 2. The Labute approximate surface area is 145 Å². The molecule has 0 unspecified atom stereocenters. The molecule has 5 nitrogen and oxygen atoms in total. The summed E-state index contributed by atoms with van der Waals surface area (Å²) >= 11 is 0. The SMILES string of the molecule is O.O=C(OOC(=O)c1ccccc1)c1ccccc1.[CaH2]. The third-order valence-electron chi connectivity index (χ3n) is 2.21. The van der Waals surface area contributed by atoms with Crippen LogP contribution in [0.25, 0.3) is 0 Å². The first kappa shape index (κ1) is 18.6. The molecule has 2 rings (SSSR count). The van der Waals surface area contributed by atoms with Gasteiger partial charge in [0.05, 0.1) is 11.1 Å². The van der Waals surface area contributed by atoms with Gasteiger partial charge in [-0.15, -0.1) is 0 Å². The van der Waals surface area contributed by atoms with Crippen LogP contribution >= 0.6 is 0 Å². The molecular formula is C14H14CaO5. The first-order chi connectivity index (χ1) is 8.77. The second-order valence-electron chi connectivity index (χ2n) is 3.47. The molecule has 0 aliphatic heterocycles. The van der Waals surface area contributed by atoms with Crippen LogP contribution in [0.2, 0.25) is 0 Å². The summed E-state index contributed by atoms with van der Waals surface area (Å²) in [4.78, 5) is 31.9. The summed E-state index contributed by atoms with van der Waals surface area (Å²) in [7, 11) is 0. The number of carbonyl (C=O) groups is 2. The van der Waals surface area contributed by atoms with Crippen LogP contribution in [-0.2, 0) is 9.78 Å². The molecule has 0 aliphatic rings. The molecule has 0 radical (unpaired) electrons. The molecule has 0 spiro atoms. The summed E-state index contributed by atoms with van der Waals surface area (Å²) in [6.45, 7) is 0. The van der Waals surface area contributed by atoms with Gasteiger partial charge in [0, 0.05) is 0 Å². The van der Waals surface area contributed by atoms with Gasteiger partial charge in [0.15, 0.2) is 0 Å². The number of hydrogen-bond acceptors (Lipinski definition) is 4. The van der Waals surface area contributed by atoms with E-state index in [9.17, 15) is 9.59 Å². The van der Waals surface area contributed by atoms with E-state index in [2.05, 4.69) is 9.78 Å². The van der Waals surface area contributed by atoms with E-state index in [1.165, 1.54) is 0 Å². The predicted molar refractivity (Wildman–Crippen MR) is 75.9 cm³/mol. The first-order valence-electron chi connectivity index (χ1n) is 5.30. The van der Waals surface area contributed by atoms with Gasteiger partial charge < -0.3 is 5.48 Å². The van der Waals surface area contributed by atoms with E-state index in [0.29, 0.717) is 11.1 Å². The fraction of sp³-hybridized carbons (Fsp3) is 0. The van der Waals surface area contributed by atoms with Crippen molar-refractivity contribution >= 4 is 49.7 Å². The molecule has 102 valence electrons. The Morgan fingerprint density at radius 3 is 1.25 bits per heavy atom. The van der Waals surface area contributed by atoms with Crippen molar-refractivity contribution in [3.8, 4) is 0 Å². The molecular weight excluding hydrogens is 288 g/mol. The van der Waals surface area contributed by atoms with Crippen LogP contribution in [0.3, 0.4) is 0 Å². The molecule has 6 heteroatoms. The molecule has 0 bridgehead atoms. The summed E-state index contributed by atoms with van der Waals surface area (Å²) in [6, 6.07) is 16.6. The Morgan fingerprint density at radius 1 is 0.650 bits per heavy atom. The average Bonchev–Trinajstić information content (AvgIpc) is 2.46. The van der Waals surface area contributed by atoms with Crippen LogP contribution in [0.4, 0.5) is 0 Å². The molecule has 2 aromatic carbocycles. The molecule has 0 amide bonds. The first-order valence-corrected chi connectivity index (χ1v) is 5.30. The molecule has 2 N–H and O–H groups in total. The van der Waals surface area contributed by atoms with Gasteiger partial charge in [0.1, 0.15) is 0 Å². The van der Waals surface area contributed by atoms with Gasteiger partial charge in [0.2, 0.25) is 0 Å². The zero-order valence-corrected chi connectivity index (χ0v) is 9.91. The third kappa shape index (κ3) is 5.30. The third-order valence-corrected chi connectivity index (χ3v) is 2.21. The topological polar surface area (TPSA) is 84.1 Å². The van der Waals surface area contributed by atoms with Crippen LogP contribution < -0.4 is 0 Å². The van der Waals surface area contributed by atoms with Crippen molar-refractivity contribution in [1.82, 2.24) is 0 Å². The van der Waals surface area contributed by atoms with E-state index in [4.69, 9.17) is 0 Å². The predicted octanol–water partition coefficient (Wildman–Crippen LogP) is 0.875. The van der Waals surface area contributed by atoms with E-state index in [1.807, 2.05) is 0 Å². The zero-order chi connectivity index (χ0) is 12.8. The van der Waals surface area contributed by atoms with E-state index in [-0.39, 0.29) is 43.2 Å². The fourth-order valence-electron chi connectivity index (χ4n) is 1.32. The Bertz CT molecular complexity index is 491. The molecule has 0 saturated carbocycles. The van der Waals surface area contributed by atoms with Crippen molar-refractivity contribution in [3.63, 3.8) is 0 Å². The second kappa shape index (κ2) is 9.50. The molecule has 0 atom stereocenters. The average molecular weight is 302 g/mol. The van der Waals surface area contributed by atoms with Crippen molar-refractivity contribution in [2.75, 3.05) is 0 Å². The van der Waals surface area contributed by atoms with E-state index in [0.717, 1.165) is 0 Å². The number of hydrogen-bond donors (Lipinski definition) is 0. The maximum absolute atomic E-state index is 11.5. The zero-order valence-electron chi connectivity index (χ0n) is 9.91. The van der Waals surface area contributed by atoms with Crippen molar-refractivity contribution in [2.24, 2.45) is 0 Å². The van der Waals surface area contributed by atoms with E-state index in [1.54, 1.807) is 60.7 Å². The quantitative estimate of drug-likeness (QED) is 0.468. The maximum atomic E-state index is 11.5. The van der Waals surface area contributed by atoms with E-state index < -0.39 is 11.9 Å². The summed E-state index contributed by atoms with van der Waals surface area (Å²) < 4.78 is 0. The van der Waals surface area contributed by atoms with Gasteiger partial charge in [0.25, 0.3) is 0 Å². The number of carbonyl (C=O) groups excluding carboxylic acids is 2. The van der Waals surface area contributed by atoms with E-state index >= 15 is 0 Å². The van der Waals surface area contributed by atoms with Gasteiger partial charge in [-0.25, -0.2) is 19.4 Å². The van der Waals surface area contributed by atoms with Crippen molar-refractivity contribution in [3.05, 3.63) is 71.8 Å². The minimum absolute atomic E-state index is 0. The van der Waals surface area contributed by atoms with Gasteiger partial charge in [-0.2, -0.15) is 0 Å². The van der Waals surface area contributed by atoms with Gasteiger partial charge in [-0.1, -0.05) is 36.4 Å². The molecule has 20 heavy (non-hydrogen) atoms. The molecule has 0 aliphatic carbocycles. The summed E-state index contributed by atoms with van der Waals surface area (Å²) in [5.41, 5.74) is 0.636.